The monoisotopic (exact) mass is 280 g/mol. The van der Waals surface area contributed by atoms with Crippen LogP contribution in [0.1, 0.15) is 17.4 Å². The summed E-state index contributed by atoms with van der Waals surface area (Å²) in [7, 11) is 0. The molecule has 0 bridgehead atoms. The third kappa shape index (κ3) is 3.02. The molecule has 8 heteroatoms. The number of nitrogens with one attached hydrogen (secondary N) is 1. The molecule has 2 heterocycles. The van der Waals surface area contributed by atoms with Gasteiger partial charge in [0, 0.05) is 32.4 Å². The summed E-state index contributed by atoms with van der Waals surface area (Å²) >= 11 is 0. The first-order chi connectivity index (χ1) is 9.49. The lowest BCUT2D eigenvalue weighted by Crippen LogP contribution is -2.53. The Morgan fingerprint density at radius 3 is 2.50 bits per heavy atom. The summed E-state index contributed by atoms with van der Waals surface area (Å²) in [6, 6.07) is -0.557. The quantitative estimate of drug-likeness (QED) is 0.735. The van der Waals surface area contributed by atoms with Gasteiger partial charge in [-0.1, -0.05) is 0 Å². The molecule has 1 aliphatic rings. The first-order valence-electron chi connectivity index (χ1n) is 6.30. The maximum absolute atomic E-state index is 12.1. The molecule has 8 nitrogen and oxygen atoms in total. The first-order valence-corrected chi connectivity index (χ1v) is 6.30. The Bertz CT molecular complexity index is 542. The van der Waals surface area contributed by atoms with E-state index < -0.39 is 12.0 Å². The summed E-state index contributed by atoms with van der Waals surface area (Å²) in [5.74, 6) is -1.13. The van der Waals surface area contributed by atoms with Crippen molar-refractivity contribution in [2.45, 2.75) is 13.0 Å². The van der Waals surface area contributed by atoms with Crippen LogP contribution in [0.15, 0.2) is 17.2 Å². The molecule has 0 aliphatic carbocycles. The molecule has 1 unspecified atom stereocenters. The lowest BCUT2D eigenvalue weighted by atomic mass is 10.2. The van der Waals surface area contributed by atoms with Crippen LogP contribution in [-0.2, 0) is 4.79 Å². The molecule has 1 aromatic heterocycles. The van der Waals surface area contributed by atoms with Crippen molar-refractivity contribution in [3.63, 3.8) is 0 Å². The fourth-order valence-corrected chi connectivity index (χ4v) is 2.09. The van der Waals surface area contributed by atoms with E-state index in [4.69, 9.17) is 5.11 Å². The molecule has 0 saturated carbocycles. The largest absolute Gasteiger partial charge is 0.480 e. The van der Waals surface area contributed by atoms with Gasteiger partial charge in [0.1, 0.15) is 11.7 Å². The molecule has 2 N–H and O–H groups in total. The number of amides is 1. The fraction of sp³-hybridized carbons (Fsp3) is 0.500. The number of carbonyl (C=O) groups excluding carboxylic acids is 1. The fourth-order valence-electron chi connectivity index (χ4n) is 2.09. The van der Waals surface area contributed by atoms with E-state index in [1.54, 1.807) is 11.8 Å². The maximum atomic E-state index is 12.1. The van der Waals surface area contributed by atoms with Gasteiger partial charge in [-0.05, 0) is 6.92 Å². The van der Waals surface area contributed by atoms with Crippen LogP contribution in [0, 0.1) is 0 Å². The lowest BCUT2D eigenvalue weighted by molar-refractivity contribution is -0.143. The number of aliphatic carboxylic acids is 1. The summed E-state index contributed by atoms with van der Waals surface area (Å²) in [4.78, 5) is 43.5. The minimum absolute atomic E-state index is 0.185. The van der Waals surface area contributed by atoms with Crippen molar-refractivity contribution >= 4 is 11.9 Å². The van der Waals surface area contributed by atoms with Crippen molar-refractivity contribution in [2.75, 3.05) is 26.2 Å². The molecule has 1 amide bonds. The Kier molecular flexibility index (Phi) is 4.14. The van der Waals surface area contributed by atoms with Crippen LogP contribution >= 0.6 is 0 Å². The Hall–Kier alpha value is -2.22. The van der Waals surface area contributed by atoms with E-state index in [1.807, 2.05) is 4.90 Å². The average Bonchev–Trinajstić information content (AvgIpc) is 2.46. The van der Waals surface area contributed by atoms with Crippen molar-refractivity contribution in [1.82, 2.24) is 19.8 Å². The second-order valence-corrected chi connectivity index (χ2v) is 4.64. The number of carbonyl (C=O) groups is 2. The molecule has 0 radical (unpaired) electrons. The predicted octanol–water partition coefficient (Wildman–Crippen LogP) is -0.999. The highest BCUT2D eigenvalue weighted by atomic mass is 16.4. The van der Waals surface area contributed by atoms with Crippen molar-refractivity contribution in [1.29, 1.82) is 0 Å². The van der Waals surface area contributed by atoms with E-state index >= 15 is 0 Å². The zero-order chi connectivity index (χ0) is 14.7. The van der Waals surface area contributed by atoms with Gasteiger partial charge in [-0.25, -0.2) is 4.98 Å². The molecular weight excluding hydrogens is 264 g/mol. The summed E-state index contributed by atoms with van der Waals surface area (Å²) in [6.45, 7) is 3.52. The topological polar surface area (TPSA) is 107 Å². The Labute approximate surface area is 115 Å². The van der Waals surface area contributed by atoms with Crippen molar-refractivity contribution in [2.24, 2.45) is 0 Å². The van der Waals surface area contributed by atoms with Gasteiger partial charge in [-0.15, -0.1) is 0 Å². The number of piperazine rings is 1. The number of hydrogen-bond acceptors (Lipinski definition) is 5. The van der Waals surface area contributed by atoms with Crippen molar-refractivity contribution in [3.8, 4) is 0 Å². The van der Waals surface area contributed by atoms with E-state index in [0.717, 1.165) is 6.20 Å². The number of nitrogens with zero attached hydrogens (tertiary/aromatic N) is 3. The van der Waals surface area contributed by atoms with Crippen LogP contribution in [0.3, 0.4) is 0 Å². The third-order valence-corrected chi connectivity index (χ3v) is 3.40. The van der Waals surface area contributed by atoms with Crippen LogP contribution in [0.4, 0.5) is 0 Å². The van der Waals surface area contributed by atoms with E-state index in [9.17, 15) is 14.4 Å². The Morgan fingerprint density at radius 2 is 2.00 bits per heavy atom. The zero-order valence-electron chi connectivity index (χ0n) is 11.1. The minimum Gasteiger partial charge on any atom is -0.480 e. The Morgan fingerprint density at radius 1 is 1.35 bits per heavy atom. The van der Waals surface area contributed by atoms with Gasteiger partial charge in [-0.3, -0.25) is 19.3 Å². The number of hydrogen-bond donors (Lipinski definition) is 2. The van der Waals surface area contributed by atoms with Gasteiger partial charge in [-0.2, -0.15) is 0 Å². The number of carboxylic acid groups (broad SMARTS) is 1. The number of carboxylic acids is 1. The number of rotatable bonds is 3. The maximum Gasteiger partial charge on any atom is 0.320 e. The first kappa shape index (κ1) is 14.2. The highest BCUT2D eigenvalue weighted by Gasteiger charge is 2.27. The van der Waals surface area contributed by atoms with Crippen LogP contribution in [-0.4, -0.2) is 69.0 Å². The van der Waals surface area contributed by atoms with E-state index in [2.05, 4.69) is 9.97 Å². The predicted molar refractivity (Wildman–Crippen MR) is 69.4 cm³/mol. The molecule has 1 fully saturated rings. The molecule has 1 atom stereocenters. The van der Waals surface area contributed by atoms with Gasteiger partial charge in [0.25, 0.3) is 11.5 Å². The zero-order valence-corrected chi connectivity index (χ0v) is 11.1. The molecule has 1 saturated heterocycles. The van der Waals surface area contributed by atoms with Gasteiger partial charge >= 0.3 is 5.97 Å². The van der Waals surface area contributed by atoms with E-state index in [1.165, 1.54) is 6.20 Å². The van der Waals surface area contributed by atoms with E-state index in [-0.39, 0.29) is 17.2 Å². The van der Waals surface area contributed by atoms with Crippen LogP contribution in [0.5, 0.6) is 0 Å². The summed E-state index contributed by atoms with van der Waals surface area (Å²) in [5, 5.41) is 8.95. The molecule has 0 aromatic carbocycles. The molecule has 0 spiro atoms. The summed E-state index contributed by atoms with van der Waals surface area (Å²) in [6.07, 6.45) is 2.35. The van der Waals surface area contributed by atoms with Gasteiger partial charge in [0.15, 0.2) is 0 Å². The number of H-pyrrole nitrogens is 1. The van der Waals surface area contributed by atoms with Gasteiger partial charge < -0.3 is 15.0 Å². The highest BCUT2D eigenvalue weighted by molar-refractivity contribution is 5.92. The molecule has 1 aromatic rings. The van der Waals surface area contributed by atoms with Crippen LogP contribution in [0.25, 0.3) is 0 Å². The highest BCUT2D eigenvalue weighted by Crippen LogP contribution is 2.09. The molecule has 1 aliphatic heterocycles. The molecular formula is C12H16N4O4. The average molecular weight is 280 g/mol. The Balaban J connectivity index is 1.97. The summed E-state index contributed by atoms with van der Waals surface area (Å²) in [5.41, 5.74) is -0.175. The van der Waals surface area contributed by atoms with Crippen molar-refractivity contribution < 1.29 is 14.7 Å². The van der Waals surface area contributed by atoms with Gasteiger partial charge in [0.05, 0.1) is 6.20 Å². The number of aromatic amines is 1. The normalized spacial score (nSPS) is 17.8. The van der Waals surface area contributed by atoms with Gasteiger partial charge in [0.2, 0.25) is 0 Å². The smallest absolute Gasteiger partial charge is 0.320 e. The molecule has 2 rings (SSSR count). The standard InChI is InChI=1S/C12H16N4O4/c1-8(12(19)20)15-2-4-16(5-3-15)11(18)9-6-14-10(17)7-13-9/h6-8H,2-5H2,1H3,(H,14,17)(H,19,20). The lowest BCUT2D eigenvalue weighted by Gasteiger charge is -2.36. The SMILES string of the molecule is CC(C(=O)O)N1CCN(C(=O)c2c[nH]c(=O)cn2)CC1. The van der Waals surface area contributed by atoms with Crippen LogP contribution in [0.2, 0.25) is 0 Å². The number of aromatic nitrogens is 2. The second-order valence-electron chi connectivity index (χ2n) is 4.64. The second kappa shape index (κ2) is 5.83. The molecule has 20 heavy (non-hydrogen) atoms. The van der Waals surface area contributed by atoms with Crippen LogP contribution < -0.4 is 5.56 Å². The third-order valence-electron chi connectivity index (χ3n) is 3.40. The van der Waals surface area contributed by atoms with Crippen molar-refractivity contribution in [3.05, 3.63) is 28.4 Å². The summed E-state index contributed by atoms with van der Waals surface area (Å²) < 4.78 is 0. The minimum atomic E-state index is -0.868. The van der Waals surface area contributed by atoms with E-state index in [0.29, 0.717) is 26.2 Å². The molecule has 108 valence electrons.